The van der Waals surface area contributed by atoms with Gasteiger partial charge in [0.15, 0.2) is 5.84 Å². The number of aryl methyl sites for hydroxylation is 1. The lowest BCUT2D eigenvalue weighted by Crippen LogP contribution is -2.13. The smallest absolute Gasteiger partial charge is 0.227 e. The minimum absolute atomic E-state index is 0.583. The second-order valence-electron chi connectivity index (χ2n) is 5.53. The summed E-state index contributed by atoms with van der Waals surface area (Å²) in [6.07, 6.45) is 5.21. The Kier molecular flexibility index (Phi) is 3.63. The van der Waals surface area contributed by atoms with Crippen LogP contribution in [0, 0.1) is 6.92 Å². The second kappa shape index (κ2) is 6.08. The van der Waals surface area contributed by atoms with Crippen molar-refractivity contribution in [3.05, 3.63) is 71.8 Å². The molecule has 0 aliphatic carbocycles. The standard InChI is InChI=1S/C18H16N6/c1-12-10-14(5-6-15(12)24-18-20-8-3-9-21-18)23-17-16-13(11-22-17)4-2-7-19-16/h2-10H,11H2,1H3,(H,22,23)(H,20,21,24). The lowest BCUT2D eigenvalue weighted by atomic mass is 10.1. The Morgan fingerprint density at radius 3 is 2.58 bits per heavy atom. The second-order valence-corrected chi connectivity index (χ2v) is 5.53. The van der Waals surface area contributed by atoms with Gasteiger partial charge < -0.3 is 10.6 Å². The van der Waals surface area contributed by atoms with E-state index >= 15 is 0 Å². The van der Waals surface area contributed by atoms with E-state index in [1.807, 2.05) is 25.1 Å². The van der Waals surface area contributed by atoms with Crippen molar-refractivity contribution in [3.8, 4) is 0 Å². The number of nitrogens with zero attached hydrogens (tertiary/aromatic N) is 4. The summed E-state index contributed by atoms with van der Waals surface area (Å²) in [5, 5.41) is 6.57. The third-order valence-electron chi connectivity index (χ3n) is 3.82. The fraction of sp³-hybridized carbons (Fsp3) is 0.111. The molecule has 0 atom stereocenters. The zero-order chi connectivity index (χ0) is 16.4. The number of aliphatic imine (C=N–C) groups is 1. The van der Waals surface area contributed by atoms with Gasteiger partial charge in [0, 0.05) is 35.5 Å². The van der Waals surface area contributed by atoms with Crippen LogP contribution in [0.4, 0.5) is 17.3 Å². The number of nitrogens with one attached hydrogen (secondary N) is 2. The van der Waals surface area contributed by atoms with Gasteiger partial charge in [-0.3, -0.25) is 9.98 Å². The lowest BCUT2D eigenvalue weighted by molar-refractivity contribution is 1.09. The Morgan fingerprint density at radius 1 is 0.917 bits per heavy atom. The summed E-state index contributed by atoms with van der Waals surface area (Å²) in [6.45, 7) is 2.72. The third-order valence-corrected chi connectivity index (χ3v) is 3.82. The minimum Gasteiger partial charge on any atom is -0.339 e. The van der Waals surface area contributed by atoms with Gasteiger partial charge in [-0.15, -0.1) is 0 Å². The van der Waals surface area contributed by atoms with Crippen LogP contribution in [0.1, 0.15) is 16.8 Å². The van der Waals surface area contributed by atoms with Crippen molar-refractivity contribution in [2.24, 2.45) is 4.99 Å². The van der Waals surface area contributed by atoms with Crippen LogP contribution in [0.2, 0.25) is 0 Å². The lowest BCUT2D eigenvalue weighted by Gasteiger charge is -2.11. The Bertz CT molecular complexity index is 904. The molecular formula is C18H16N6. The highest BCUT2D eigenvalue weighted by atomic mass is 15.1. The number of fused-ring (bicyclic) bond motifs is 1. The van der Waals surface area contributed by atoms with Gasteiger partial charge in [0.25, 0.3) is 0 Å². The fourth-order valence-corrected chi connectivity index (χ4v) is 2.62. The van der Waals surface area contributed by atoms with E-state index in [2.05, 4.69) is 42.7 Å². The molecule has 0 amide bonds. The highest BCUT2D eigenvalue weighted by molar-refractivity contribution is 6.09. The molecule has 0 radical (unpaired) electrons. The van der Waals surface area contributed by atoms with Crippen molar-refractivity contribution in [1.82, 2.24) is 15.0 Å². The molecule has 3 heterocycles. The molecule has 0 spiro atoms. The predicted molar refractivity (Wildman–Crippen MR) is 94.6 cm³/mol. The summed E-state index contributed by atoms with van der Waals surface area (Å²) < 4.78 is 0. The quantitative estimate of drug-likeness (QED) is 0.775. The van der Waals surface area contributed by atoms with Crippen molar-refractivity contribution >= 4 is 23.2 Å². The summed E-state index contributed by atoms with van der Waals surface area (Å²) in [7, 11) is 0. The van der Waals surface area contributed by atoms with Crippen molar-refractivity contribution in [2.45, 2.75) is 13.5 Å². The maximum atomic E-state index is 4.53. The van der Waals surface area contributed by atoms with Gasteiger partial charge in [0.05, 0.1) is 6.54 Å². The molecule has 0 unspecified atom stereocenters. The largest absolute Gasteiger partial charge is 0.339 e. The monoisotopic (exact) mass is 316 g/mol. The zero-order valence-electron chi connectivity index (χ0n) is 13.2. The summed E-state index contributed by atoms with van der Waals surface area (Å²) in [5.74, 6) is 1.40. The predicted octanol–water partition coefficient (Wildman–Crippen LogP) is 3.30. The Morgan fingerprint density at radius 2 is 1.75 bits per heavy atom. The van der Waals surface area contributed by atoms with Crippen LogP contribution < -0.4 is 10.6 Å². The van der Waals surface area contributed by atoms with Crippen LogP contribution >= 0.6 is 0 Å². The molecule has 118 valence electrons. The summed E-state index contributed by atoms with van der Waals surface area (Å²) in [4.78, 5) is 17.3. The topological polar surface area (TPSA) is 75.1 Å². The van der Waals surface area contributed by atoms with Gasteiger partial charge in [-0.05, 0) is 42.8 Å². The molecule has 24 heavy (non-hydrogen) atoms. The molecule has 1 aliphatic heterocycles. The van der Waals surface area contributed by atoms with Crippen LogP contribution in [-0.4, -0.2) is 20.8 Å². The van der Waals surface area contributed by atoms with E-state index in [-0.39, 0.29) is 0 Å². The van der Waals surface area contributed by atoms with Crippen LogP contribution in [0.25, 0.3) is 0 Å². The van der Waals surface area contributed by atoms with Gasteiger partial charge in [0.2, 0.25) is 5.95 Å². The van der Waals surface area contributed by atoms with E-state index in [4.69, 9.17) is 0 Å². The maximum absolute atomic E-state index is 4.53. The van der Waals surface area contributed by atoms with Gasteiger partial charge in [-0.2, -0.15) is 0 Å². The number of anilines is 3. The first-order valence-corrected chi connectivity index (χ1v) is 7.70. The molecule has 4 rings (SSSR count). The average molecular weight is 316 g/mol. The maximum Gasteiger partial charge on any atom is 0.227 e. The summed E-state index contributed by atoms with van der Waals surface area (Å²) >= 11 is 0. The molecule has 6 nitrogen and oxygen atoms in total. The van der Waals surface area contributed by atoms with Crippen LogP contribution in [-0.2, 0) is 6.54 Å². The average Bonchev–Trinajstić information content (AvgIpc) is 3.01. The van der Waals surface area contributed by atoms with Crippen molar-refractivity contribution in [3.63, 3.8) is 0 Å². The molecule has 2 N–H and O–H groups in total. The molecule has 1 aliphatic rings. The van der Waals surface area contributed by atoms with Crippen LogP contribution in [0.5, 0.6) is 0 Å². The fourth-order valence-electron chi connectivity index (χ4n) is 2.62. The first kappa shape index (κ1) is 14.3. The summed E-state index contributed by atoms with van der Waals surface area (Å²) in [5.41, 5.74) is 5.11. The summed E-state index contributed by atoms with van der Waals surface area (Å²) in [6, 6.07) is 11.9. The molecule has 0 bridgehead atoms. The van der Waals surface area contributed by atoms with E-state index in [0.29, 0.717) is 12.5 Å². The molecule has 1 aromatic carbocycles. The van der Waals surface area contributed by atoms with Gasteiger partial charge in [-0.1, -0.05) is 6.07 Å². The molecule has 0 fully saturated rings. The van der Waals surface area contributed by atoms with Gasteiger partial charge in [-0.25, -0.2) is 9.97 Å². The molecular weight excluding hydrogens is 300 g/mol. The van der Waals surface area contributed by atoms with Crippen molar-refractivity contribution in [1.29, 1.82) is 0 Å². The number of amidine groups is 1. The number of benzene rings is 1. The minimum atomic E-state index is 0.583. The van der Waals surface area contributed by atoms with Crippen LogP contribution in [0.15, 0.2) is 60.0 Å². The SMILES string of the molecule is Cc1cc(NC2=NCc3cccnc32)ccc1Nc1ncccn1. The number of pyridine rings is 1. The van der Waals surface area contributed by atoms with E-state index in [1.54, 1.807) is 24.7 Å². The Labute approximate surface area is 139 Å². The highest BCUT2D eigenvalue weighted by Crippen LogP contribution is 2.24. The molecule has 6 heteroatoms. The molecule has 3 aromatic rings. The van der Waals surface area contributed by atoms with Crippen molar-refractivity contribution < 1.29 is 0 Å². The molecule has 0 saturated heterocycles. The third kappa shape index (κ3) is 2.81. The normalized spacial score (nSPS) is 12.5. The van der Waals surface area contributed by atoms with Crippen molar-refractivity contribution in [2.75, 3.05) is 10.6 Å². The molecule has 0 saturated carbocycles. The zero-order valence-corrected chi connectivity index (χ0v) is 13.2. The van der Waals surface area contributed by atoms with E-state index in [1.165, 1.54) is 0 Å². The van der Waals surface area contributed by atoms with Gasteiger partial charge >= 0.3 is 0 Å². The molecule has 2 aromatic heterocycles. The van der Waals surface area contributed by atoms with E-state index in [9.17, 15) is 0 Å². The van der Waals surface area contributed by atoms with Gasteiger partial charge in [0.1, 0.15) is 5.69 Å². The van der Waals surface area contributed by atoms with Crippen LogP contribution in [0.3, 0.4) is 0 Å². The first-order valence-electron chi connectivity index (χ1n) is 7.70. The Hall–Kier alpha value is -3.28. The van der Waals surface area contributed by atoms with E-state index < -0.39 is 0 Å². The number of hydrogen-bond acceptors (Lipinski definition) is 6. The first-order chi connectivity index (χ1) is 11.8. The Balaban J connectivity index is 1.53. The number of aromatic nitrogens is 3. The highest BCUT2D eigenvalue weighted by Gasteiger charge is 2.16. The number of rotatable bonds is 3. The van der Waals surface area contributed by atoms with E-state index in [0.717, 1.165) is 34.0 Å². The number of hydrogen-bond donors (Lipinski definition) is 2.